The number of likely N-dealkylation sites (N-methyl/N-ethyl adjacent to an activating group) is 1. The Balaban J connectivity index is 1.47. The number of tetrazole rings is 1. The summed E-state index contributed by atoms with van der Waals surface area (Å²) in [6.07, 6.45) is 5.20. The number of benzene rings is 2. The Kier molecular flexibility index (Phi) is 4.48. The summed E-state index contributed by atoms with van der Waals surface area (Å²) in [4.78, 5) is 14.7. The minimum Gasteiger partial charge on any atom is -0.338 e. The number of nitrogens with zero attached hydrogens (tertiary/aromatic N) is 5. The molecule has 0 unspecified atom stereocenters. The number of fused-ring (bicyclic) bond motifs is 1. The summed E-state index contributed by atoms with van der Waals surface area (Å²) in [6, 6.07) is 16.4. The van der Waals surface area contributed by atoms with Crippen molar-refractivity contribution in [2.45, 2.75) is 31.7 Å². The first-order valence-electron chi connectivity index (χ1n) is 8.88. The average Bonchev–Trinajstić information content (AvgIpc) is 3.22. The van der Waals surface area contributed by atoms with Gasteiger partial charge in [0.25, 0.3) is 0 Å². The number of carbonyl (C=O) groups is 1. The first-order valence-corrected chi connectivity index (χ1v) is 8.88. The molecule has 0 fully saturated rings. The van der Waals surface area contributed by atoms with Crippen LogP contribution in [-0.2, 0) is 17.6 Å². The van der Waals surface area contributed by atoms with Crippen molar-refractivity contribution in [2.24, 2.45) is 0 Å². The first kappa shape index (κ1) is 16.4. The smallest absolute Gasteiger partial charge is 0.227 e. The summed E-state index contributed by atoms with van der Waals surface area (Å²) < 4.78 is 1.59. The second-order valence-corrected chi connectivity index (χ2v) is 6.71. The minimum absolute atomic E-state index is 0.141. The van der Waals surface area contributed by atoms with E-state index in [2.05, 4.69) is 39.8 Å². The molecule has 3 aromatic rings. The predicted molar refractivity (Wildman–Crippen MR) is 97.7 cm³/mol. The van der Waals surface area contributed by atoms with Crippen LogP contribution in [0, 0.1) is 0 Å². The van der Waals surface area contributed by atoms with Crippen molar-refractivity contribution in [2.75, 3.05) is 7.05 Å². The largest absolute Gasteiger partial charge is 0.338 e. The Morgan fingerprint density at radius 3 is 2.77 bits per heavy atom. The van der Waals surface area contributed by atoms with Crippen LogP contribution in [0.2, 0.25) is 0 Å². The molecule has 0 radical (unpaired) electrons. The predicted octanol–water partition coefficient (Wildman–Crippen LogP) is 2.74. The Labute approximate surface area is 152 Å². The first-order chi connectivity index (χ1) is 12.7. The van der Waals surface area contributed by atoms with Crippen molar-refractivity contribution in [3.8, 4) is 5.69 Å². The summed E-state index contributed by atoms with van der Waals surface area (Å²) in [5, 5.41) is 11.1. The zero-order chi connectivity index (χ0) is 17.9. The quantitative estimate of drug-likeness (QED) is 0.728. The van der Waals surface area contributed by atoms with E-state index in [4.69, 9.17) is 0 Å². The second-order valence-electron chi connectivity index (χ2n) is 6.71. The van der Waals surface area contributed by atoms with Crippen LogP contribution >= 0.6 is 0 Å². The monoisotopic (exact) mass is 347 g/mol. The zero-order valence-electron chi connectivity index (χ0n) is 14.7. The standard InChI is InChI=1S/C20H21N5O/c1-24(19-8-4-6-16-5-2-3-7-18(16)19)20(26)13-15-9-11-17(12-10-15)25-14-21-22-23-25/h2-3,5,7,9-12,14,19H,4,6,8,13H2,1H3/t19-/m0/s1. The van der Waals surface area contributed by atoms with Crippen LogP contribution in [0.5, 0.6) is 0 Å². The molecule has 0 aliphatic heterocycles. The lowest BCUT2D eigenvalue weighted by Crippen LogP contribution is -2.34. The molecule has 0 spiro atoms. The van der Waals surface area contributed by atoms with Crippen molar-refractivity contribution in [3.05, 3.63) is 71.5 Å². The summed E-state index contributed by atoms with van der Waals surface area (Å²) in [5.74, 6) is 0.141. The van der Waals surface area contributed by atoms with Gasteiger partial charge in [0.15, 0.2) is 0 Å². The fourth-order valence-corrected chi connectivity index (χ4v) is 3.65. The van der Waals surface area contributed by atoms with Gasteiger partial charge in [-0.1, -0.05) is 36.4 Å². The van der Waals surface area contributed by atoms with Gasteiger partial charge < -0.3 is 4.90 Å². The van der Waals surface area contributed by atoms with Crippen molar-refractivity contribution < 1.29 is 4.79 Å². The summed E-state index contributed by atoms with van der Waals surface area (Å²) in [7, 11) is 1.92. The van der Waals surface area contributed by atoms with Gasteiger partial charge in [-0.25, -0.2) is 4.68 Å². The van der Waals surface area contributed by atoms with Crippen LogP contribution in [-0.4, -0.2) is 38.1 Å². The maximum atomic E-state index is 12.8. The third kappa shape index (κ3) is 3.22. The molecule has 6 nitrogen and oxygen atoms in total. The molecule has 1 aliphatic rings. The summed E-state index contributed by atoms with van der Waals surface area (Å²) in [5.41, 5.74) is 4.53. The van der Waals surface area contributed by atoms with Crippen molar-refractivity contribution in [1.82, 2.24) is 25.1 Å². The maximum Gasteiger partial charge on any atom is 0.227 e. The van der Waals surface area contributed by atoms with E-state index in [1.807, 2.05) is 36.2 Å². The fourth-order valence-electron chi connectivity index (χ4n) is 3.65. The highest BCUT2D eigenvalue weighted by molar-refractivity contribution is 5.79. The van der Waals surface area contributed by atoms with Crippen LogP contribution in [0.25, 0.3) is 5.69 Å². The molecule has 6 heteroatoms. The molecule has 0 saturated heterocycles. The van der Waals surface area contributed by atoms with Crippen LogP contribution in [0.15, 0.2) is 54.9 Å². The van der Waals surface area contributed by atoms with Crippen LogP contribution in [0.3, 0.4) is 0 Å². The Morgan fingerprint density at radius 1 is 1.19 bits per heavy atom. The van der Waals surface area contributed by atoms with E-state index in [1.54, 1.807) is 11.0 Å². The molecule has 0 bridgehead atoms. The number of rotatable bonds is 4. The number of amides is 1. The Morgan fingerprint density at radius 2 is 2.00 bits per heavy atom. The highest BCUT2D eigenvalue weighted by atomic mass is 16.2. The summed E-state index contributed by atoms with van der Waals surface area (Å²) in [6.45, 7) is 0. The molecule has 4 rings (SSSR count). The Bertz CT molecular complexity index is 889. The zero-order valence-corrected chi connectivity index (χ0v) is 14.7. The van der Waals surface area contributed by atoms with Gasteiger partial charge >= 0.3 is 0 Å². The molecule has 0 N–H and O–H groups in total. The molecular formula is C20H21N5O. The van der Waals surface area contributed by atoms with E-state index >= 15 is 0 Å². The van der Waals surface area contributed by atoms with Crippen LogP contribution in [0.1, 0.15) is 35.6 Å². The second kappa shape index (κ2) is 7.07. The third-order valence-electron chi connectivity index (χ3n) is 5.10. The highest BCUT2D eigenvalue weighted by Crippen LogP contribution is 2.33. The van der Waals surface area contributed by atoms with Gasteiger partial charge in [0.2, 0.25) is 5.91 Å². The number of aryl methyl sites for hydroxylation is 1. The van der Waals surface area contributed by atoms with Gasteiger partial charge in [0.1, 0.15) is 6.33 Å². The van der Waals surface area contributed by atoms with E-state index in [0.29, 0.717) is 6.42 Å². The normalized spacial score (nSPS) is 16.1. The average molecular weight is 347 g/mol. The molecule has 2 aromatic carbocycles. The molecule has 1 atom stereocenters. The van der Waals surface area contributed by atoms with Gasteiger partial charge in [0.05, 0.1) is 18.2 Å². The lowest BCUT2D eigenvalue weighted by Gasteiger charge is -2.33. The van der Waals surface area contributed by atoms with E-state index in [0.717, 1.165) is 30.5 Å². The third-order valence-corrected chi connectivity index (χ3v) is 5.10. The van der Waals surface area contributed by atoms with Crippen molar-refractivity contribution in [3.63, 3.8) is 0 Å². The molecule has 26 heavy (non-hydrogen) atoms. The molecule has 1 aliphatic carbocycles. The Hall–Kier alpha value is -3.02. The lowest BCUT2D eigenvalue weighted by atomic mass is 9.87. The molecular weight excluding hydrogens is 326 g/mol. The van der Waals surface area contributed by atoms with Crippen molar-refractivity contribution >= 4 is 5.91 Å². The molecule has 132 valence electrons. The fraction of sp³-hybridized carbons (Fsp3) is 0.300. The highest BCUT2D eigenvalue weighted by Gasteiger charge is 2.26. The number of carbonyl (C=O) groups excluding carboxylic acids is 1. The van der Waals surface area contributed by atoms with Gasteiger partial charge in [-0.15, -0.1) is 5.10 Å². The molecule has 1 aromatic heterocycles. The van der Waals surface area contributed by atoms with E-state index in [-0.39, 0.29) is 11.9 Å². The number of aromatic nitrogens is 4. The van der Waals surface area contributed by atoms with Gasteiger partial charge in [-0.3, -0.25) is 4.79 Å². The van der Waals surface area contributed by atoms with Gasteiger partial charge in [-0.05, 0) is 58.5 Å². The SMILES string of the molecule is CN(C(=O)Cc1ccc(-n2cnnn2)cc1)[C@H]1CCCc2ccccc21. The van der Waals surface area contributed by atoms with E-state index < -0.39 is 0 Å². The van der Waals surface area contributed by atoms with Crippen LogP contribution in [0.4, 0.5) is 0 Å². The molecule has 1 amide bonds. The summed E-state index contributed by atoms with van der Waals surface area (Å²) >= 11 is 0. The lowest BCUT2D eigenvalue weighted by molar-refractivity contribution is -0.131. The van der Waals surface area contributed by atoms with Crippen molar-refractivity contribution in [1.29, 1.82) is 0 Å². The molecule has 0 saturated carbocycles. The topological polar surface area (TPSA) is 63.9 Å². The number of hydrogen-bond acceptors (Lipinski definition) is 4. The van der Waals surface area contributed by atoms with Gasteiger partial charge in [-0.2, -0.15) is 0 Å². The molecule has 1 heterocycles. The maximum absolute atomic E-state index is 12.8. The van der Waals surface area contributed by atoms with Gasteiger partial charge in [0, 0.05) is 7.05 Å². The minimum atomic E-state index is 0.141. The van der Waals surface area contributed by atoms with Crippen LogP contribution < -0.4 is 0 Å². The number of hydrogen-bond donors (Lipinski definition) is 0. The van der Waals surface area contributed by atoms with E-state index in [1.165, 1.54) is 11.1 Å². The van der Waals surface area contributed by atoms with E-state index in [9.17, 15) is 4.79 Å².